The Balaban J connectivity index is 1.74. The lowest BCUT2D eigenvalue weighted by Gasteiger charge is -2.10. The van der Waals surface area contributed by atoms with Crippen molar-refractivity contribution in [1.82, 2.24) is 4.98 Å². The minimum absolute atomic E-state index is 0.442. The first-order valence-electron chi connectivity index (χ1n) is 9.85. The largest absolute Gasteiger partial charge is 0.489 e. The third-order valence-corrected chi connectivity index (χ3v) is 5.41. The van der Waals surface area contributed by atoms with Crippen molar-refractivity contribution in [3.05, 3.63) is 53.6 Å². The van der Waals surface area contributed by atoms with Gasteiger partial charge in [0.25, 0.3) is 0 Å². The van der Waals surface area contributed by atoms with E-state index in [1.165, 1.54) is 0 Å². The summed E-state index contributed by atoms with van der Waals surface area (Å²) in [7, 11) is 0. The van der Waals surface area contributed by atoms with Gasteiger partial charge in [-0.05, 0) is 56.3 Å². The minimum Gasteiger partial charge on any atom is -0.489 e. The van der Waals surface area contributed by atoms with Gasteiger partial charge in [-0.3, -0.25) is 4.99 Å². The number of fused-ring (bicyclic) bond motifs is 1. The summed E-state index contributed by atoms with van der Waals surface area (Å²) in [5.41, 5.74) is 2.67. The predicted octanol–water partition coefficient (Wildman–Crippen LogP) is 6.33. The maximum atomic E-state index is 6.11. The predicted molar refractivity (Wildman–Crippen MR) is 126 cm³/mol. The molecule has 0 spiro atoms. The van der Waals surface area contributed by atoms with Crippen LogP contribution in [0.1, 0.15) is 13.8 Å². The van der Waals surface area contributed by atoms with Crippen molar-refractivity contribution in [2.75, 3.05) is 33.0 Å². The number of hydrogen-bond donors (Lipinski definition) is 0. The topological polar surface area (TPSA) is 52.9 Å². The molecule has 1 heterocycles. The van der Waals surface area contributed by atoms with Crippen LogP contribution in [0.2, 0.25) is 5.02 Å². The van der Waals surface area contributed by atoms with Gasteiger partial charge in [-0.2, -0.15) is 0 Å². The quantitative estimate of drug-likeness (QED) is 0.256. The first-order chi connectivity index (χ1) is 14.7. The van der Waals surface area contributed by atoms with E-state index in [4.69, 9.17) is 30.8 Å². The van der Waals surface area contributed by atoms with Crippen LogP contribution in [0.15, 0.2) is 53.5 Å². The van der Waals surface area contributed by atoms with E-state index in [0.29, 0.717) is 43.8 Å². The summed E-state index contributed by atoms with van der Waals surface area (Å²) in [4.78, 5) is 9.27. The van der Waals surface area contributed by atoms with Gasteiger partial charge in [-0.25, -0.2) is 4.98 Å². The molecule has 0 fully saturated rings. The molecule has 0 aliphatic heterocycles. The third-order valence-electron chi connectivity index (χ3n) is 4.11. The Morgan fingerprint density at radius 2 is 1.90 bits per heavy atom. The smallest absolute Gasteiger partial charge is 0.145 e. The summed E-state index contributed by atoms with van der Waals surface area (Å²) in [6.07, 6.45) is 5.56. The fourth-order valence-electron chi connectivity index (χ4n) is 2.68. The number of nitrogens with zero attached hydrogens (tertiary/aromatic N) is 2. The molecular weight excluding hydrogens is 420 g/mol. The summed E-state index contributed by atoms with van der Waals surface area (Å²) in [6, 6.07) is 11.6. The summed E-state index contributed by atoms with van der Waals surface area (Å²) in [6.45, 7) is 6.70. The molecule has 0 bridgehead atoms. The Morgan fingerprint density at radius 1 is 1.07 bits per heavy atom. The summed E-state index contributed by atoms with van der Waals surface area (Å²) in [5.74, 6) is 0.706. The number of aliphatic imine (C=N–C) groups is 1. The standard InChI is InChI=1S/C23H25ClN2O3S/c1-3-5-10-25-20-15-17(23-26-19-8-7-18(24)16-22(19)30-23)6-9-21(20)29-14-13-28-12-11-27-4-2/h3,5-10,15-16H,4,11-14H2,1-2H3/b5-3+,25-10?. The number of allylic oxidation sites excluding steroid dienone is 2. The number of thiazole rings is 1. The van der Waals surface area contributed by atoms with Crippen LogP contribution in [0.25, 0.3) is 20.8 Å². The van der Waals surface area contributed by atoms with Gasteiger partial charge in [-0.15, -0.1) is 11.3 Å². The average Bonchev–Trinajstić information content (AvgIpc) is 3.17. The van der Waals surface area contributed by atoms with E-state index >= 15 is 0 Å². The van der Waals surface area contributed by atoms with Gasteiger partial charge in [0.05, 0.1) is 30.0 Å². The Morgan fingerprint density at radius 3 is 2.73 bits per heavy atom. The van der Waals surface area contributed by atoms with E-state index in [1.807, 2.05) is 62.4 Å². The molecule has 0 aliphatic carbocycles. The van der Waals surface area contributed by atoms with Gasteiger partial charge in [0.1, 0.15) is 23.1 Å². The van der Waals surface area contributed by atoms with Gasteiger partial charge < -0.3 is 14.2 Å². The Labute approximate surface area is 186 Å². The molecule has 0 saturated heterocycles. The fraction of sp³-hybridized carbons (Fsp3) is 0.304. The van der Waals surface area contributed by atoms with Crippen LogP contribution < -0.4 is 4.74 Å². The number of hydrogen-bond acceptors (Lipinski definition) is 6. The van der Waals surface area contributed by atoms with E-state index in [1.54, 1.807) is 17.6 Å². The van der Waals surface area contributed by atoms with E-state index in [2.05, 4.69) is 4.99 Å². The van der Waals surface area contributed by atoms with Gasteiger partial charge in [-0.1, -0.05) is 17.7 Å². The normalized spacial score (nSPS) is 11.8. The third kappa shape index (κ3) is 6.37. The van der Waals surface area contributed by atoms with Crippen molar-refractivity contribution in [1.29, 1.82) is 0 Å². The molecule has 1 aromatic heterocycles. The van der Waals surface area contributed by atoms with Crippen LogP contribution in [0.5, 0.6) is 5.75 Å². The fourth-order valence-corrected chi connectivity index (χ4v) is 3.92. The van der Waals surface area contributed by atoms with Crippen LogP contribution in [0.4, 0.5) is 5.69 Å². The molecular formula is C23H25ClN2O3S. The molecule has 0 atom stereocenters. The van der Waals surface area contributed by atoms with Crippen molar-refractivity contribution in [2.24, 2.45) is 4.99 Å². The van der Waals surface area contributed by atoms with Gasteiger partial charge >= 0.3 is 0 Å². The molecule has 3 rings (SSSR count). The molecule has 0 unspecified atom stereocenters. The Kier molecular flexibility index (Phi) is 8.83. The van der Waals surface area contributed by atoms with Gasteiger partial charge in [0, 0.05) is 23.4 Å². The lowest BCUT2D eigenvalue weighted by molar-refractivity contribution is 0.0405. The Hall–Kier alpha value is -2.25. The number of benzene rings is 2. The number of rotatable bonds is 11. The molecule has 7 heteroatoms. The highest BCUT2D eigenvalue weighted by atomic mass is 35.5. The monoisotopic (exact) mass is 444 g/mol. The number of halogens is 1. The molecule has 0 saturated carbocycles. The second-order valence-corrected chi connectivity index (χ2v) is 7.74. The van der Waals surface area contributed by atoms with Gasteiger partial charge in [0.15, 0.2) is 0 Å². The van der Waals surface area contributed by atoms with Crippen LogP contribution in [-0.4, -0.2) is 44.2 Å². The second kappa shape index (κ2) is 11.8. The molecule has 5 nitrogen and oxygen atoms in total. The van der Waals surface area contributed by atoms with Crippen molar-refractivity contribution in [3.8, 4) is 16.3 Å². The highest BCUT2D eigenvalue weighted by molar-refractivity contribution is 7.21. The lowest BCUT2D eigenvalue weighted by atomic mass is 10.2. The zero-order chi connectivity index (χ0) is 21.2. The number of aromatic nitrogens is 1. The molecule has 0 aliphatic rings. The van der Waals surface area contributed by atoms with E-state index in [9.17, 15) is 0 Å². The van der Waals surface area contributed by atoms with E-state index in [0.717, 1.165) is 26.5 Å². The molecule has 2 aromatic carbocycles. The lowest BCUT2D eigenvalue weighted by Crippen LogP contribution is -2.10. The molecule has 0 amide bonds. The van der Waals surface area contributed by atoms with Crippen LogP contribution in [0.3, 0.4) is 0 Å². The molecule has 3 aromatic rings. The zero-order valence-corrected chi connectivity index (χ0v) is 18.7. The Bertz CT molecular complexity index is 1020. The van der Waals surface area contributed by atoms with Crippen molar-refractivity contribution >= 4 is 45.1 Å². The van der Waals surface area contributed by atoms with E-state index < -0.39 is 0 Å². The molecule has 0 radical (unpaired) electrons. The minimum atomic E-state index is 0.442. The molecule has 30 heavy (non-hydrogen) atoms. The zero-order valence-electron chi connectivity index (χ0n) is 17.1. The van der Waals surface area contributed by atoms with Crippen molar-refractivity contribution < 1.29 is 14.2 Å². The van der Waals surface area contributed by atoms with Crippen LogP contribution in [0, 0.1) is 0 Å². The first-order valence-corrected chi connectivity index (χ1v) is 11.0. The maximum Gasteiger partial charge on any atom is 0.145 e. The highest BCUT2D eigenvalue weighted by Crippen LogP contribution is 2.36. The second-order valence-electron chi connectivity index (χ2n) is 6.28. The van der Waals surface area contributed by atoms with Crippen molar-refractivity contribution in [2.45, 2.75) is 13.8 Å². The number of ether oxygens (including phenoxy) is 3. The highest BCUT2D eigenvalue weighted by Gasteiger charge is 2.10. The van der Waals surface area contributed by atoms with Crippen LogP contribution in [-0.2, 0) is 9.47 Å². The van der Waals surface area contributed by atoms with Gasteiger partial charge in [0.2, 0.25) is 0 Å². The maximum absolute atomic E-state index is 6.11. The SMILES string of the molecule is C/C=C/C=Nc1cc(-c2nc3ccc(Cl)cc3s2)ccc1OCCOCCOCC. The van der Waals surface area contributed by atoms with E-state index in [-0.39, 0.29) is 0 Å². The summed E-state index contributed by atoms with van der Waals surface area (Å²) >= 11 is 7.71. The summed E-state index contributed by atoms with van der Waals surface area (Å²) in [5, 5.41) is 1.63. The van der Waals surface area contributed by atoms with Crippen molar-refractivity contribution in [3.63, 3.8) is 0 Å². The molecule has 158 valence electrons. The average molecular weight is 445 g/mol. The summed E-state index contributed by atoms with van der Waals surface area (Å²) < 4.78 is 17.7. The first kappa shape index (κ1) is 22.4. The molecule has 0 N–H and O–H groups in total. The van der Waals surface area contributed by atoms with Crippen LogP contribution >= 0.6 is 22.9 Å².